The molecule has 2 aromatic rings. The van der Waals surface area contributed by atoms with Crippen LogP contribution in [0.5, 0.6) is 0 Å². The Balaban J connectivity index is 1.89. The Morgan fingerprint density at radius 1 is 1.11 bits per heavy atom. The van der Waals surface area contributed by atoms with E-state index in [9.17, 15) is 0 Å². The summed E-state index contributed by atoms with van der Waals surface area (Å²) >= 11 is 3.55. The molecule has 1 aromatic carbocycles. The van der Waals surface area contributed by atoms with Crippen LogP contribution >= 0.6 is 15.9 Å². The summed E-state index contributed by atoms with van der Waals surface area (Å²) in [5, 5.41) is 1.33. The van der Waals surface area contributed by atoms with E-state index in [2.05, 4.69) is 56.7 Å². The van der Waals surface area contributed by atoms with Gasteiger partial charge in [-0.15, -0.1) is 0 Å². The summed E-state index contributed by atoms with van der Waals surface area (Å²) in [7, 11) is 2.18. The SMILES string of the molecule is Cn1c(CN2CCCCC2)cc2cc(Br)ccc21. The van der Waals surface area contributed by atoms with Crippen molar-refractivity contribution in [2.24, 2.45) is 7.05 Å². The lowest BCUT2D eigenvalue weighted by molar-refractivity contribution is 0.217. The maximum atomic E-state index is 3.55. The number of piperidine rings is 1. The van der Waals surface area contributed by atoms with Crippen LogP contribution in [0.15, 0.2) is 28.7 Å². The molecule has 2 nitrogen and oxygen atoms in total. The van der Waals surface area contributed by atoms with E-state index in [0.29, 0.717) is 0 Å². The van der Waals surface area contributed by atoms with Crippen molar-refractivity contribution in [2.75, 3.05) is 13.1 Å². The highest BCUT2D eigenvalue weighted by Crippen LogP contribution is 2.24. The number of fused-ring (bicyclic) bond motifs is 1. The molecule has 1 aliphatic heterocycles. The second kappa shape index (κ2) is 5.06. The third kappa shape index (κ3) is 2.34. The van der Waals surface area contributed by atoms with Gasteiger partial charge in [-0.05, 0) is 50.2 Å². The van der Waals surface area contributed by atoms with Gasteiger partial charge in [0.1, 0.15) is 0 Å². The van der Waals surface area contributed by atoms with Gasteiger partial charge in [0, 0.05) is 34.7 Å². The molecule has 3 rings (SSSR count). The molecule has 1 aromatic heterocycles. The second-order valence-electron chi connectivity index (χ2n) is 5.23. The average molecular weight is 307 g/mol. The first-order chi connectivity index (χ1) is 8.74. The minimum Gasteiger partial charge on any atom is -0.346 e. The Hall–Kier alpha value is -0.800. The minimum absolute atomic E-state index is 1.09. The van der Waals surface area contributed by atoms with Crippen molar-refractivity contribution in [3.05, 3.63) is 34.4 Å². The molecule has 0 amide bonds. The van der Waals surface area contributed by atoms with Crippen molar-refractivity contribution in [3.8, 4) is 0 Å². The van der Waals surface area contributed by atoms with Gasteiger partial charge in [-0.25, -0.2) is 0 Å². The van der Waals surface area contributed by atoms with Crippen molar-refractivity contribution in [1.29, 1.82) is 0 Å². The lowest BCUT2D eigenvalue weighted by Gasteiger charge is -2.26. The molecular formula is C15H19BrN2. The summed E-state index contributed by atoms with van der Waals surface area (Å²) in [4.78, 5) is 2.58. The normalized spacial score (nSPS) is 17.4. The van der Waals surface area contributed by atoms with E-state index >= 15 is 0 Å². The summed E-state index contributed by atoms with van der Waals surface area (Å²) in [6.07, 6.45) is 4.11. The highest BCUT2D eigenvalue weighted by molar-refractivity contribution is 9.10. The van der Waals surface area contributed by atoms with Crippen LogP contribution in [0.2, 0.25) is 0 Å². The van der Waals surface area contributed by atoms with Gasteiger partial charge in [0.2, 0.25) is 0 Å². The Bertz CT molecular complexity index is 553. The molecule has 1 fully saturated rings. The van der Waals surface area contributed by atoms with E-state index in [4.69, 9.17) is 0 Å². The first kappa shape index (κ1) is 12.2. The number of halogens is 1. The van der Waals surface area contributed by atoms with Gasteiger partial charge >= 0.3 is 0 Å². The zero-order valence-corrected chi connectivity index (χ0v) is 12.4. The molecule has 0 atom stereocenters. The molecule has 0 radical (unpaired) electrons. The zero-order chi connectivity index (χ0) is 12.5. The Morgan fingerprint density at radius 3 is 2.67 bits per heavy atom. The molecule has 1 saturated heterocycles. The van der Waals surface area contributed by atoms with Crippen LogP contribution < -0.4 is 0 Å². The third-order valence-corrected chi connectivity index (χ3v) is 4.43. The van der Waals surface area contributed by atoms with E-state index in [1.165, 1.54) is 48.9 Å². The van der Waals surface area contributed by atoms with Gasteiger partial charge in [-0.2, -0.15) is 0 Å². The molecule has 3 heteroatoms. The predicted molar refractivity (Wildman–Crippen MR) is 79.7 cm³/mol. The van der Waals surface area contributed by atoms with Crippen molar-refractivity contribution in [3.63, 3.8) is 0 Å². The Labute approximate surface area is 117 Å². The molecule has 0 unspecified atom stereocenters. The second-order valence-corrected chi connectivity index (χ2v) is 6.15. The van der Waals surface area contributed by atoms with E-state index in [1.54, 1.807) is 0 Å². The highest BCUT2D eigenvalue weighted by atomic mass is 79.9. The fraction of sp³-hybridized carbons (Fsp3) is 0.467. The van der Waals surface area contributed by atoms with Gasteiger partial charge in [0.15, 0.2) is 0 Å². The predicted octanol–water partition coefficient (Wildman–Crippen LogP) is 3.93. The molecule has 0 spiro atoms. The summed E-state index contributed by atoms with van der Waals surface area (Å²) in [6, 6.07) is 8.84. The van der Waals surface area contributed by atoms with Gasteiger partial charge < -0.3 is 4.57 Å². The molecule has 2 heterocycles. The van der Waals surface area contributed by atoms with Gasteiger partial charge in [0.05, 0.1) is 0 Å². The number of aromatic nitrogens is 1. The zero-order valence-electron chi connectivity index (χ0n) is 10.8. The lowest BCUT2D eigenvalue weighted by Crippen LogP contribution is -2.29. The minimum atomic E-state index is 1.09. The van der Waals surface area contributed by atoms with Crippen LogP contribution in [0.3, 0.4) is 0 Å². The van der Waals surface area contributed by atoms with E-state index in [-0.39, 0.29) is 0 Å². The van der Waals surface area contributed by atoms with Crippen LogP contribution in [0.4, 0.5) is 0 Å². The van der Waals surface area contributed by atoms with Gasteiger partial charge in [0.25, 0.3) is 0 Å². The Morgan fingerprint density at radius 2 is 1.89 bits per heavy atom. The summed E-state index contributed by atoms with van der Waals surface area (Å²) in [5.74, 6) is 0. The number of hydrogen-bond donors (Lipinski definition) is 0. The van der Waals surface area contributed by atoms with Gasteiger partial charge in [-0.1, -0.05) is 22.4 Å². The van der Waals surface area contributed by atoms with Crippen molar-refractivity contribution >= 4 is 26.8 Å². The maximum Gasteiger partial charge on any atom is 0.0481 e. The van der Waals surface area contributed by atoms with E-state index in [0.717, 1.165) is 11.0 Å². The number of benzene rings is 1. The molecule has 0 N–H and O–H groups in total. The molecule has 96 valence electrons. The van der Waals surface area contributed by atoms with E-state index in [1.807, 2.05) is 0 Å². The van der Waals surface area contributed by atoms with Crippen molar-refractivity contribution < 1.29 is 0 Å². The smallest absolute Gasteiger partial charge is 0.0481 e. The quantitative estimate of drug-likeness (QED) is 0.816. The van der Waals surface area contributed by atoms with Crippen LogP contribution in [-0.2, 0) is 13.6 Å². The third-order valence-electron chi connectivity index (χ3n) is 3.94. The lowest BCUT2D eigenvalue weighted by atomic mass is 10.1. The average Bonchev–Trinajstić information content (AvgIpc) is 2.67. The monoisotopic (exact) mass is 306 g/mol. The first-order valence-electron chi connectivity index (χ1n) is 6.70. The number of aryl methyl sites for hydroxylation is 1. The van der Waals surface area contributed by atoms with Gasteiger partial charge in [-0.3, -0.25) is 4.90 Å². The number of hydrogen-bond acceptors (Lipinski definition) is 1. The van der Waals surface area contributed by atoms with Crippen LogP contribution in [0, 0.1) is 0 Å². The maximum absolute atomic E-state index is 3.55. The fourth-order valence-electron chi connectivity index (χ4n) is 2.88. The number of rotatable bonds is 2. The topological polar surface area (TPSA) is 8.17 Å². The molecule has 18 heavy (non-hydrogen) atoms. The van der Waals surface area contributed by atoms with Crippen molar-refractivity contribution in [2.45, 2.75) is 25.8 Å². The van der Waals surface area contributed by atoms with Crippen molar-refractivity contribution in [1.82, 2.24) is 9.47 Å². The van der Waals surface area contributed by atoms with Crippen LogP contribution in [0.25, 0.3) is 10.9 Å². The summed E-state index contributed by atoms with van der Waals surface area (Å²) in [5.41, 5.74) is 2.75. The first-order valence-corrected chi connectivity index (χ1v) is 7.49. The van der Waals surface area contributed by atoms with Crippen LogP contribution in [-0.4, -0.2) is 22.6 Å². The number of nitrogens with zero attached hydrogens (tertiary/aromatic N) is 2. The largest absolute Gasteiger partial charge is 0.346 e. The fourth-order valence-corrected chi connectivity index (χ4v) is 3.25. The Kier molecular flexibility index (Phi) is 3.44. The molecular weight excluding hydrogens is 288 g/mol. The summed E-state index contributed by atoms with van der Waals surface area (Å²) in [6.45, 7) is 3.60. The molecule has 1 aliphatic rings. The highest BCUT2D eigenvalue weighted by Gasteiger charge is 2.13. The molecule has 0 saturated carbocycles. The molecule has 0 aliphatic carbocycles. The summed E-state index contributed by atoms with van der Waals surface area (Å²) < 4.78 is 3.49. The standard InChI is InChI=1S/C15H19BrN2/c1-17-14(11-18-7-3-2-4-8-18)10-12-9-13(16)5-6-15(12)17/h5-6,9-10H,2-4,7-8,11H2,1H3. The van der Waals surface area contributed by atoms with E-state index < -0.39 is 0 Å². The molecule has 0 bridgehead atoms. The van der Waals surface area contributed by atoms with Crippen LogP contribution in [0.1, 0.15) is 25.0 Å². The number of likely N-dealkylation sites (tertiary alicyclic amines) is 1.